The van der Waals surface area contributed by atoms with E-state index in [1.165, 1.54) is 18.2 Å². The zero-order chi connectivity index (χ0) is 11.8. The number of phenols is 1. The number of phosphoric acid groups is 1. The lowest BCUT2D eigenvalue weighted by Gasteiger charge is -2.21. The number of benzene rings is 1. The minimum absolute atomic E-state index is 0.00368. The summed E-state index contributed by atoms with van der Waals surface area (Å²) in [5.41, 5.74) is 0.698. The Balaban J connectivity index is 2.20. The molecule has 0 fully saturated rings. The first-order valence-electron chi connectivity index (χ1n) is 4.36. The Hall–Kier alpha value is -1.33. The number of phenolic OH excluding ortho intramolecular Hbond substituents is 1. The normalized spacial score (nSPS) is 19.0. The molecule has 1 heterocycles. The summed E-state index contributed by atoms with van der Waals surface area (Å²) in [6.07, 6.45) is 1.81. The highest BCUT2D eigenvalue weighted by atomic mass is 31.2. The van der Waals surface area contributed by atoms with E-state index in [1.54, 1.807) is 12.1 Å². The van der Waals surface area contributed by atoms with Crippen LogP contribution in [0.3, 0.4) is 0 Å². The van der Waals surface area contributed by atoms with Crippen molar-refractivity contribution in [2.24, 2.45) is 0 Å². The lowest BCUT2D eigenvalue weighted by atomic mass is 10.1. The molecule has 6 nitrogen and oxygen atoms in total. The quantitative estimate of drug-likeness (QED) is 0.677. The molecule has 1 aromatic rings. The average molecular weight is 244 g/mol. The van der Waals surface area contributed by atoms with Crippen molar-refractivity contribution in [3.8, 4) is 11.5 Å². The molecule has 0 bridgehead atoms. The lowest BCUT2D eigenvalue weighted by molar-refractivity contribution is 0.0196. The van der Waals surface area contributed by atoms with Crippen LogP contribution in [-0.2, 0) is 9.09 Å². The van der Waals surface area contributed by atoms with Gasteiger partial charge in [0.25, 0.3) is 0 Å². The van der Waals surface area contributed by atoms with E-state index < -0.39 is 14.1 Å². The lowest BCUT2D eigenvalue weighted by Crippen LogP contribution is -2.19. The van der Waals surface area contributed by atoms with Gasteiger partial charge in [0.05, 0.1) is 0 Å². The highest BCUT2D eigenvalue weighted by Crippen LogP contribution is 2.40. The van der Waals surface area contributed by atoms with Gasteiger partial charge in [-0.2, -0.15) is 0 Å². The van der Waals surface area contributed by atoms with Gasteiger partial charge < -0.3 is 19.6 Å². The maximum atomic E-state index is 10.6. The third-order valence-electron chi connectivity index (χ3n) is 1.91. The summed E-state index contributed by atoms with van der Waals surface area (Å²) in [6, 6.07) is 4.44. The van der Waals surface area contributed by atoms with Gasteiger partial charge in [-0.15, -0.1) is 0 Å². The standard InChI is InChI=1S/C9H9O6P/c10-7-3-1-6-2-4-9(14-8(6)5-7)15-16(11,12)13/h1-5,9-10H,(H2,11,12,13). The third kappa shape index (κ3) is 2.62. The number of hydrogen-bond donors (Lipinski definition) is 3. The first kappa shape index (κ1) is 11.2. The van der Waals surface area contributed by atoms with Crippen molar-refractivity contribution < 1.29 is 28.7 Å². The van der Waals surface area contributed by atoms with Crippen molar-refractivity contribution in [1.82, 2.24) is 0 Å². The van der Waals surface area contributed by atoms with E-state index >= 15 is 0 Å². The fourth-order valence-electron chi connectivity index (χ4n) is 1.30. The van der Waals surface area contributed by atoms with Gasteiger partial charge in [0.2, 0.25) is 6.29 Å². The molecular formula is C9H9O6P. The Morgan fingerprint density at radius 2 is 2.12 bits per heavy atom. The average Bonchev–Trinajstić information content (AvgIpc) is 2.14. The van der Waals surface area contributed by atoms with E-state index in [0.717, 1.165) is 0 Å². The van der Waals surface area contributed by atoms with E-state index in [0.29, 0.717) is 11.3 Å². The number of hydrogen-bond acceptors (Lipinski definition) is 4. The summed E-state index contributed by atoms with van der Waals surface area (Å²) in [5, 5.41) is 9.21. The predicted octanol–water partition coefficient (Wildman–Crippen LogP) is 1.23. The van der Waals surface area contributed by atoms with E-state index in [4.69, 9.17) is 14.5 Å². The van der Waals surface area contributed by atoms with Crippen molar-refractivity contribution in [3.63, 3.8) is 0 Å². The molecular weight excluding hydrogens is 235 g/mol. The largest absolute Gasteiger partial charge is 0.508 e. The van der Waals surface area contributed by atoms with Crippen LogP contribution in [0.5, 0.6) is 11.5 Å². The van der Waals surface area contributed by atoms with Gasteiger partial charge in [-0.25, -0.2) is 9.09 Å². The van der Waals surface area contributed by atoms with Crippen LogP contribution in [0.25, 0.3) is 6.08 Å². The molecule has 0 saturated heterocycles. The summed E-state index contributed by atoms with van der Waals surface area (Å²) in [5.74, 6) is 0.310. The summed E-state index contributed by atoms with van der Waals surface area (Å²) in [4.78, 5) is 17.2. The second-order valence-corrected chi connectivity index (χ2v) is 4.36. The topological polar surface area (TPSA) is 96.2 Å². The fourth-order valence-corrected chi connectivity index (χ4v) is 1.69. The van der Waals surface area contributed by atoms with Crippen LogP contribution in [0, 0.1) is 0 Å². The molecule has 2 rings (SSSR count). The van der Waals surface area contributed by atoms with Crippen molar-refractivity contribution in [3.05, 3.63) is 29.8 Å². The molecule has 1 aliphatic heterocycles. The van der Waals surface area contributed by atoms with E-state index in [1.807, 2.05) is 0 Å². The van der Waals surface area contributed by atoms with Crippen molar-refractivity contribution in [2.45, 2.75) is 6.29 Å². The van der Waals surface area contributed by atoms with Crippen molar-refractivity contribution >= 4 is 13.9 Å². The Morgan fingerprint density at radius 1 is 1.38 bits per heavy atom. The van der Waals surface area contributed by atoms with Gasteiger partial charge in [0.15, 0.2) is 0 Å². The Morgan fingerprint density at radius 3 is 2.81 bits per heavy atom. The molecule has 0 spiro atoms. The zero-order valence-electron chi connectivity index (χ0n) is 7.98. The monoisotopic (exact) mass is 244 g/mol. The van der Waals surface area contributed by atoms with Crippen LogP contribution in [0.15, 0.2) is 24.3 Å². The zero-order valence-corrected chi connectivity index (χ0v) is 8.87. The van der Waals surface area contributed by atoms with Gasteiger partial charge in [0.1, 0.15) is 11.5 Å². The molecule has 0 radical (unpaired) electrons. The Bertz CT molecular complexity index is 477. The molecule has 1 unspecified atom stereocenters. The van der Waals surface area contributed by atoms with Crippen molar-refractivity contribution in [1.29, 1.82) is 0 Å². The van der Waals surface area contributed by atoms with Gasteiger partial charge in [-0.05, 0) is 24.3 Å². The Kier molecular flexibility index (Phi) is 2.73. The second kappa shape index (κ2) is 3.92. The first-order chi connectivity index (χ1) is 7.44. The maximum Gasteiger partial charge on any atom is 0.472 e. The predicted molar refractivity (Wildman–Crippen MR) is 54.7 cm³/mol. The molecule has 86 valence electrons. The van der Waals surface area contributed by atoms with Crippen LogP contribution in [-0.4, -0.2) is 21.2 Å². The summed E-state index contributed by atoms with van der Waals surface area (Å²) < 4.78 is 20.1. The summed E-state index contributed by atoms with van der Waals surface area (Å²) in [6.45, 7) is 0. The van der Waals surface area contributed by atoms with Gasteiger partial charge >= 0.3 is 7.82 Å². The smallest absolute Gasteiger partial charge is 0.472 e. The van der Waals surface area contributed by atoms with Crippen LogP contribution >= 0.6 is 7.82 Å². The first-order valence-corrected chi connectivity index (χ1v) is 5.89. The van der Waals surface area contributed by atoms with Crippen molar-refractivity contribution in [2.75, 3.05) is 0 Å². The SMILES string of the molecule is O=P(O)(O)OC1C=Cc2ccc(O)cc2O1. The highest BCUT2D eigenvalue weighted by molar-refractivity contribution is 7.46. The molecule has 1 aromatic carbocycles. The van der Waals surface area contributed by atoms with Crippen LogP contribution in [0.2, 0.25) is 0 Å². The summed E-state index contributed by atoms with van der Waals surface area (Å²) >= 11 is 0. The van der Waals surface area contributed by atoms with Gasteiger partial charge in [0, 0.05) is 11.6 Å². The molecule has 3 N–H and O–H groups in total. The second-order valence-electron chi connectivity index (χ2n) is 3.16. The van der Waals surface area contributed by atoms with Crippen LogP contribution in [0.1, 0.15) is 5.56 Å². The fraction of sp³-hybridized carbons (Fsp3) is 0.111. The molecule has 1 aliphatic rings. The number of ether oxygens (including phenoxy) is 1. The molecule has 0 amide bonds. The molecule has 0 saturated carbocycles. The number of rotatable bonds is 2. The molecule has 0 aromatic heterocycles. The van der Waals surface area contributed by atoms with Crippen LogP contribution < -0.4 is 4.74 Å². The molecule has 16 heavy (non-hydrogen) atoms. The van der Waals surface area contributed by atoms with E-state index in [9.17, 15) is 9.67 Å². The number of fused-ring (bicyclic) bond motifs is 1. The summed E-state index contributed by atoms with van der Waals surface area (Å²) in [7, 11) is -4.60. The van der Waals surface area contributed by atoms with Gasteiger partial charge in [-0.1, -0.05) is 0 Å². The van der Waals surface area contributed by atoms with E-state index in [-0.39, 0.29) is 5.75 Å². The molecule has 0 aliphatic carbocycles. The van der Waals surface area contributed by atoms with E-state index in [2.05, 4.69) is 4.52 Å². The van der Waals surface area contributed by atoms with Crippen LogP contribution in [0.4, 0.5) is 0 Å². The minimum Gasteiger partial charge on any atom is -0.508 e. The maximum absolute atomic E-state index is 10.6. The third-order valence-corrected chi connectivity index (χ3v) is 2.40. The van der Waals surface area contributed by atoms with Gasteiger partial charge in [-0.3, -0.25) is 0 Å². The number of aromatic hydroxyl groups is 1. The Labute approximate surface area is 91.0 Å². The molecule has 1 atom stereocenters. The molecule has 7 heteroatoms. The minimum atomic E-state index is -4.60. The number of phosphoric ester groups is 1. The highest BCUT2D eigenvalue weighted by Gasteiger charge is 2.24.